The van der Waals surface area contributed by atoms with E-state index in [1.165, 1.54) is 7.11 Å². The lowest BCUT2D eigenvalue weighted by Crippen LogP contribution is -2.11. The lowest BCUT2D eigenvalue weighted by molar-refractivity contribution is -0.344. The summed E-state index contributed by atoms with van der Waals surface area (Å²) in [5, 5.41) is 0. The fraction of sp³-hybridized carbons (Fsp3) is 0.100. The van der Waals surface area contributed by atoms with E-state index >= 15 is 0 Å². The second kappa shape index (κ2) is 3.41. The molecular weight excluding hydrogens is 180 g/mol. The minimum Gasteiger partial charge on any atom is -0.465 e. The zero-order valence-electron chi connectivity index (χ0n) is 7.65. The second-order valence-corrected chi connectivity index (χ2v) is 2.78. The molecule has 0 atom stereocenters. The van der Waals surface area contributed by atoms with Gasteiger partial charge in [0.05, 0.1) is 7.11 Å². The SMILES string of the molecule is COC(=O)c1ccnc2ccc[nH+]c12. The van der Waals surface area contributed by atoms with Gasteiger partial charge in [-0.1, -0.05) is 0 Å². The number of aromatic amines is 1. The molecule has 2 aromatic heterocycles. The highest BCUT2D eigenvalue weighted by molar-refractivity contribution is 5.99. The lowest BCUT2D eigenvalue weighted by Gasteiger charge is -1.97. The molecule has 1 N–H and O–H groups in total. The fourth-order valence-corrected chi connectivity index (χ4v) is 1.31. The van der Waals surface area contributed by atoms with Crippen LogP contribution in [0.5, 0.6) is 0 Å². The number of carbonyl (C=O) groups is 1. The molecule has 0 bridgehead atoms. The molecule has 2 heterocycles. The number of esters is 1. The van der Waals surface area contributed by atoms with Crippen LogP contribution in [-0.4, -0.2) is 18.1 Å². The van der Waals surface area contributed by atoms with E-state index in [0.29, 0.717) is 11.1 Å². The summed E-state index contributed by atoms with van der Waals surface area (Å²) in [5.41, 5.74) is 1.94. The first kappa shape index (κ1) is 8.62. The summed E-state index contributed by atoms with van der Waals surface area (Å²) in [4.78, 5) is 18.4. The van der Waals surface area contributed by atoms with E-state index in [1.54, 1.807) is 18.5 Å². The summed E-state index contributed by atoms with van der Waals surface area (Å²) in [6.07, 6.45) is 3.33. The summed E-state index contributed by atoms with van der Waals surface area (Å²) in [6, 6.07) is 5.29. The van der Waals surface area contributed by atoms with Crippen LogP contribution in [0.2, 0.25) is 0 Å². The molecule has 70 valence electrons. The number of pyridine rings is 2. The molecular formula is C10H9N2O2+. The Hall–Kier alpha value is -1.97. The van der Waals surface area contributed by atoms with Crippen LogP contribution >= 0.6 is 0 Å². The number of methoxy groups -OCH3 is 1. The van der Waals surface area contributed by atoms with Crippen molar-refractivity contribution in [1.82, 2.24) is 4.98 Å². The summed E-state index contributed by atoms with van der Waals surface area (Å²) in [7, 11) is 1.36. The molecule has 0 aliphatic carbocycles. The van der Waals surface area contributed by atoms with E-state index in [2.05, 4.69) is 14.7 Å². The second-order valence-electron chi connectivity index (χ2n) is 2.78. The van der Waals surface area contributed by atoms with Crippen LogP contribution in [0.4, 0.5) is 0 Å². The van der Waals surface area contributed by atoms with E-state index in [9.17, 15) is 4.79 Å². The highest BCUT2D eigenvalue weighted by Gasteiger charge is 2.15. The Morgan fingerprint density at radius 2 is 2.36 bits per heavy atom. The summed E-state index contributed by atoms with van der Waals surface area (Å²) >= 11 is 0. The molecule has 0 spiro atoms. The number of fused-ring (bicyclic) bond motifs is 1. The van der Waals surface area contributed by atoms with Gasteiger partial charge in [0.25, 0.3) is 0 Å². The smallest absolute Gasteiger partial charge is 0.344 e. The van der Waals surface area contributed by atoms with Crippen LogP contribution in [0.15, 0.2) is 30.6 Å². The van der Waals surface area contributed by atoms with Crippen LogP contribution in [0.1, 0.15) is 10.4 Å². The quantitative estimate of drug-likeness (QED) is 0.624. The van der Waals surface area contributed by atoms with Crippen molar-refractivity contribution in [2.75, 3.05) is 7.11 Å². The van der Waals surface area contributed by atoms with Gasteiger partial charge in [-0.15, -0.1) is 0 Å². The third-order valence-corrected chi connectivity index (χ3v) is 1.96. The number of nitrogens with zero attached hydrogens (tertiary/aromatic N) is 1. The maximum atomic E-state index is 11.4. The highest BCUT2D eigenvalue weighted by atomic mass is 16.5. The van der Waals surface area contributed by atoms with Gasteiger partial charge in [0.2, 0.25) is 5.52 Å². The average molecular weight is 189 g/mol. The predicted molar refractivity (Wildman–Crippen MR) is 49.6 cm³/mol. The molecule has 0 fully saturated rings. The van der Waals surface area contributed by atoms with Gasteiger partial charge in [0, 0.05) is 12.3 Å². The van der Waals surface area contributed by atoms with Crippen molar-refractivity contribution < 1.29 is 14.5 Å². The average Bonchev–Trinajstić information content (AvgIpc) is 2.27. The number of hydrogen-bond acceptors (Lipinski definition) is 3. The van der Waals surface area contributed by atoms with Crippen molar-refractivity contribution in [3.05, 3.63) is 36.2 Å². The van der Waals surface area contributed by atoms with Gasteiger partial charge >= 0.3 is 5.97 Å². The maximum Gasteiger partial charge on any atom is 0.344 e. The molecule has 0 radical (unpaired) electrons. The van der Waals surface area contributed by atoms with Crippen molar-refractivity contribution in [1.29, 1.82) is 0 Å². The van der Waals surface area contributed by atoms with E-state index in [1.807, 2.05) is 12.1 Å². The number of H-pyrrole nitrogens is 1. The minimum atomic E-state index is -0.361. The minimum absolute atomic E-state index is 0.361. The standard InChI is InChI=1S/C10H8N2O2/c1-14-10(13)7-4-6-11-8-3-2-5-12-9(7)8/h2-6H,1H3/p+1. The molecule has 0 aliphatic rings. The summed E-state index contributed by atoms with van der Waals surface area (Å²) < 4.78 is 4.66. The van der Waals surface area contributed by atoms with Gasteiger partial charge < -0.3 is 4.74 Å². The Labute approximate surface area is 80.6 Å². The fourth-order valence-electron chi connectivity index (χ4n) is 1.31. The van der Waals surface area contributed by atoms with Crippen molar-refractivity contribution in [2.45, 2.75) is 0 Å². The Morgan fingerprint density at radius 1 is 1.50 bits per heavy atom. The van der Waals surface area contributed by atoms with Crippen LogP contribution in [0.25, 0.3) is 11.0 Å². The molecule has 14 heavy (non-hydrogen) atoms. The van der Waals surface area contributed by atoms with Crippen LogP contribution in [0, 0.1) is 0 Å². The first-order valence-corrected chi connectivity index (χ1v) is 4.16. The normalized spacial score (nSPS) is 10.1. The van der Waals surface area contributed by atoms with Gasteiger partial charge in [0.15, 0.2) is 6.20 Å². The molecule has 2 rings (SSSR count). The van der Waals surface area contributed by atoms with Gasteiger partial charge in [0.1, 0.15) is 11.1 Å². The molecule has 0 aliphatic heterocycles. The lowest BCUT2D eigenvalue weighted by atomic mass is 10.2. The molecule has 2 aromatic rings. The summed E-state index contributed by atoms with van der Waals surface area (Å²) in [5.74, 6) is -0.361. The molecule has 4 nitrogen and oxygen atoms in total. The Balaban J connectivity index is 2.71. The Bertz CT molecular complexity index is 477. The molecule has 0 unspecified atom stereocenters. The monoisotopic (exact) mass is 189 g/mol. The van der Waals surface area contributed by atoms with Crippen LogP contribution in [0.3, 0.4) is 0 Å². The Kier molecular flexibility index (Phi) is 2.10. The van der Waals surface area contributed by atoms with Crippen molar-refractivity contribution in [2.24, 2.45) is 0 Å². The molecule has 0 amide bonds. The highest BCUT2D eigenvalue weighted by Crippen LogP contribution is 2.11. The first-order chi connectivity index (χ1) is 6.83. The molecule has 4 heteroatoms. The van der Waals surface area contributed by atoms with Crippen LogP contribution in [-0.2, 0) is 4.74 Å². The first-order valence-electron chi connectivity index (χ1n) is 4.16. The number of hydrogen-bond donors (Lipinski definition) is 0. The molecule has 0 aromatic carbocycles. The van der Waals surface area contributed by atoms with E-state index in [4.69, 9.17) is 0 Å². The van der Waals surface area contributed by atoms with E-state index < -0.39 is 0 Å². The number of aromatic nitrogens is 2. The van der Waals surface area contributed by atoms with Gasteiger partial charge in [-0.25, -0.2) is 14.8 Å². The third-order valence-electron chi connectivity index (χ3n) is 1.96. The van der Waals surface area contributed by atoms with Crippen molar-refractivity contribution in [3.63, 3.8) is 0 Å². The molecule has 0 saturated heterocycles. The number of rotatable bonds is 1. The van der Waals surface area contributed by atoms with Gasteiger partial charge in [-0.3, -0.25) is 0 Å². The third kappa shape index (κ3) is 1.31. The maximum absolute atomic E-state index is 11.4. The van der Waals surface area contributed by atoms with Gasteiger partial charge in [-0.05, 0) is 12.1 Å². The number of nitrogens with one attached hydrogen (secondary N) is 1. The molecule has 0 saturated carbocycles. The van der Waals surface area contributed by atoms with Crippen molar-refractivity contribution in [3.8, 4) is 0 Å². The van der Waals surface area contributed by atoms with Crippen LogP contribution < -0.4 is 4.98 Å². The topological polar surface area (TPSA) is 53.3 Å². The zero-order chi connectivity index (χ0) is 9.97. The van der Waals surface area contributed by atoms with E-state index in [-0.39, 0.29) is 5.97 Å². The number of ether oxygens (including phenoxy) is 1. The summed E-state index contributed by atoms with van der Waals surface area (Å²) in [6.45, 7) is 0. The predicted octanol–water partition coefficient (Wildman–Crippen LogP) is 0.835. The Morgan fingerprint density at radius 3 is 3.14 bits per heavy atom. The number of carbonyl (C=O) groups excluding carboxylic acids is 1. The largest absolute Gasteiger partial charge is 0.465 e. The van der Waals surface area contributed by atoms with Gasteiger partial charge in [-0.2, -0.15) is 0 Å². The van der Waals surface area contributed by atoms with Crippen molar-refractivity contribution >= 4 is 17.0 Å². The van der Waals surface area contributed by atoms with E-state index in [0.717, 1.165) is 5.52 Å². The zero-order valence-corrected chi connectivity index (χ0v) is 7.65.